The highest BCUT2D eigenvalue weighted by molar-refractivity contribution is 6.30. The standard InChI is InChI=1S/C16H14ClFN4O/c1-21(9-10-3-4-13(17)14(18)5-10)16(23)12-6-11-8-20-22(2)15(11)19-7-12/h3-8H,9H2,1-2H3. The van der Waals surface area contributed by atoms with Gasteiger partial charge in [0.2, 0.25) is 0 Å². The number of hydrogen-bond acceptors (Lipinski definition) is 3. The average Bonchev–Trinajstić information content (AvgIpc) is 2.91. The highest BCUT2D eigenvalue weighted by atomic mass is 35.5. The number of amides is 1. The smallest absolute Gasteiger partial charge is 0.255 e. The van der Waals surface area contributed by atoms with Crippen molar-refractivity contribution < 1.29 is 9.18 Å². The summed E-state index contributed by atoms with van der Waals surface area (Å²) in [6.45, 7) is 0.276. The molecular formula is C16H14ClFN4O. The van der Waals surface area contributed by atoms with Crippen molar-refractivity contribution in [1.82, 2.24) is 19.7 Å². The van der Waals surface area contributed by atoms with Crippen molar-refractivity contribution in [3.63, 3.8) is 0 Å². The van der Waals surface area contributed by atoms with Crippen LogP contribution in [0.1, 0.15) is 15.9 Å². The number of aromatic nitrogens is 3. The molecule has 5 nitrogen and oxygen atoms in total. The van der Waals surface area contributed by atoms with Crippen LogP contribution in [0.5, 0.6) is 0 Å². The molecule has 0 atom stereocenters. The Balaban J connectivity index is 1.81. The summed E-state index contributed by atoms with van der Waals surface area (Å²) in [5.74, 6) is -0.693. The number of carbonyl (C=O) groups is 1. The number of aryl methyl sites for hydroxylation is 1. The van der Waals surface area contributed by atoms with Gasteiger partial charge in [-0.05, 0) is 23.8 Å². The van der Waals surface area contributed by atoms with Crippen LogP contribution in [0.2, 0.25) is 5.02 Å². The number of hydrogen-bond donors (Lipinski definition) is 0. The molecule has 7 heteroatoms. The van der Waals surface area contributed by atoms with Crippen LogP contribution in [0.15, 0.2) is 36.7 Å². The first kappa shape index (κ1) is 15.4. The molecule has 3 rings (SSSR count). The largest absolute Gasteiger partial charge is 0.337 e. The zero-order valence-electron chi connectivity index (χ0n) is 12.6. The van der Waals surface area contributed by atoms with E-state index in [0.29, 0.717) is 16.8 Å². The van der Waals surface area contributed by atoms with Gasteiger partial charge in [0.15, 0.2) is 5.65 Å². The van der Waals surface area contributed by atoms with Crippen molar-refractivity contribution >= 4 is 28.5 Å². The lowest BCUT2D eigenvalue weighted by Crippen LogP contribution is -2.26. The first-order valence-corrected chi connectivity index (χ1v) is 7.30. The van der Waals surface area contributed by atoms with E-state index in [1.807, 2.05) is 0 Å². The van der Waals surface area contributed by atoms with Crippen LogP contribution in [0, 0.1) is 5.82 Å². The van der Waals surface area contributed by atoms with Gasteiger partial charge in [-0.3, -0.25) is 9.48 Å². The molecule has 23 heavy (non-hydrogen) atoms. The van der Waals surface area contributed by atoms with E-state index in [1.165, 1.54) is 23.2 Å². The van der Waals surface area contributed by atoms with Crippen LogP contribution in [-0.2, 0) is 13.6 Å². The first-order chi connectivity index (χ1) is 11.0. The van der Waals surface area contributed by atoms with Crippen LogP contribution < -0.4 is 0 Å². The van der Waals surface area contributed by atoms with Gasteiger partial charge in [0.1, 0.15) is 5.82 Å². The minimum atomic E-state index is -0.497. The molecule has 0 spiro atoms. The van der Waals surface area contributed by atoms with E-state index in [9.17, 15) is 9.18 Å². The van der Waals surface area contributed by atoms with Crippen molar-refractivity contribution in [3.05, 3.63) is 58.6 Å². The molecule has 0 N–H and O–H groups in total. The second kappa shape index (κ2) is 5.96. The fourth-order valence-corrected chi connectivity index (χ4v) is 2.48. The van der Waals surface area contributed by atoms with Gasteiger partial charge in [-0.15, -0.1) is 0 Å². The molecule has 1 aromatic carbocycles. The Hall–Kier alpha value is -2.47. The lowest BCUT2D eigenvalue weighted by atomic mass is 10.2. The fraction of sp³-hybridized carbons (Fsp3) is 0.188. The van der Waals surface area contributed by atoms with Gasteiger partial charge in [-0.25, -0.2) is 9.37 Å². The number of pyridine rings is 1. The Labute approximate surface area is 137 Å². The maximum atomic E-state index is 13.5. The van der Waals surface area contributed by atoms with Crippen LogP contribution in [0.4, 0.5) is 4.39 Å². The normalized spacial score (nSPS) is 11.0. The lowest BCUT2D eigenvalue weighted by molar-refractivity contribution is 0.0784. The summed E-state index contributed by atoms with van der Waals surface area (Å²) < 4.78 is 15.1. The molecule has 2 aromatic heterocycles. The number of rotatable bonds is 3. The number of nitrogens with zero attached hydrogens (tertiary/aromatic N) is 4. The molecule has 0 aliphatic carbocycles. The molecule has 0 saturated carbocycles. The molecule has 0 saturated heterocycles. The Morgan fingerprint density at radius 3 is 2.87 bits per heavy atom. The Kier molecular flexibility index (Phi) is 4.00. The predicted octanol–water partition coefficient (Wildman–Crippen LogP) is 3.03. The van der Waals surface area contributed by atoms with Gasteiger partial charge in [0.05, 0.1) is 16.8 Å². The summed E-state index contributed by atoms with van der Waals surface area (Å²) in [7, 11) is 3.44. The van der Waals surface area contributed by atoms with Crippen molar-refractivity contribution in [2.24, 2.45) is 7.05 Å². The van der Waals surface area contributed by atoms with Gasteiger partial charge in [-0.2, -0.15) is 5.10 Å². The number of carbonyl (C=O) groups excluding carboxylic acids is 1. The third kappa shape index (κ3) is 3.03. The van der Waals surface area contributed by atoms with E-state index < -0.39 is 5.82 Å². The quantitative estimate of drug-likeness (QED) is 0.740. The number of fused-ring (bicyclic) bond motifs is 1. The highest BCUT2D eigenvalue weighted by Crippen LogP contribution is 2.18. The number of benzene rings is 1. The van der Waals surface area contributed by atoms with E-state index in [-0.39, 0.29) is 17.5 Å². The third-order valence-electron chi connectivity index (χ3n) is 3.57. The molecular weight excluding hydrogens is 319 g/mol. The van der Waals surface area contributed by atoms with Crippen LogP contribution in [0.3, 0.4) is 0 Å². The van der Waals surface area contributed by atoms with Gasteiger partial charge in [-0.1, -0.05) is 17.7 Å². The zero-order chi connectivity index (χ0) is 16.6. The molecule has 3 aromatic rings. The van der Waals surface area contributed by atoms with E-state index >= 15 is 0 Å². The first-order valence-electron chi connectivity index (χ1n) is 6.93. The molecule has 0 bridgehead atoms. The lowest BCUT2D eigenvalue weighted by Gasteiger charge is -2.17. The maximum absolute atomic E-state index is 13.5. The molecule has 0 aliphatic rings. The second-order valence-electron chi connectivity index (χ2n) is 5.31. The molecule has 0 unspecified atom stereocenters. The SMILES string of the molecule is CN(Cc1ccc(Cl)c(F)c1)C(=O)c1cnc2c(cnn2C)c1. The molecule has 2 heterocycles. The summed E-state index contributed by atoms with van der Waals surface area (Å²) >= 11 is 5.66. The zero-order valence-corrected chi connectivity index (χ0v) is 13.4. The molecule has 0 fully saturated rings. The van der Waals surface area contributed by atoms with E-state index in [0.717, 1.165) is 5.39 Å². The Bertz CT molecular complexity index is 893. The van der Waals surface area contributed by atoms with Crippen LogP contribution >= 0.6 is 11.6 Å². The summed E-state index contributed by atoms with van der Waals surface area (Å²) in [4.78, 5) is 18.2. The van der Waals surface area contributed by atoms with Crippen molar-refractivity contribution in [3.8, 4) is 0 Å². The van der Waals surface area contributed by atoms with Gasteiger partial charge in [0, 0.05) is 32.2 Å². The van der Waals surface area contributed by atoms with E-state index in [1.54, 1.807) is 37.1 Å². The van der Waals surface area contributed by atoms with Crippen LogP contribution in [0.25, 0.3) is 11.0 Å². The monoisotopic (exact) mass is 332 g/mol. The molecule has 0 radical (unpaired) electrons. The fourth-order valence-electron chi connectivity index (χ4n) is 2.36. The van der Waals surface area contributed by atoms with Gasteiger partial charge >= 0.3 is 0 Å². The minimum Gasteiger partial charge on any atom is -0.337 e. The molecule has 0 aliphatic heterocycles. The summed E-state index contributed by atoms with van der Waals surface area (Å²) in [5.41, 5.74) is 1.84. The van der Waals surface area contributed by atoms with Crippen LogP contribution in [-0.4, -0.2) is 32.6 Å². The summed E-state index contributed by atoms with van der Waals surface area (Å²) in [6, 6.07) is 6.25. The van der Waals surface area contributed by atoms with Gasteiger partial charge < -0.3 is 4.90 Å². The predicted molar refractivity (Wildman–Crippen MR) is 85.7 cm³/mol. The summed E-state index contributed by atoms with van der Waals surface area (Å²) in [5, 5.41) is 4.96. The van der Waals surface area contributed by atoms with E-state index in [4.69, 9.17) is 11.6 Å². The second-order valence-corrected chi connectivity index (χ2v) is 5.72. The number of halogens is 2. The molecule has 118 valence electrons. The van der Waals surface area contributed by atoms with E-state index in [2.05, 4.69) is 10.1 Å². The Morgan fingerprint density at radius 2 is 2.13 bits per heavy atom. The average molecular weight is 333 g/mol. The topological polar surface area (TPSA) is 51.0 Å². The van der Waals surface area contributed by atoms with Crippen molar-refractivity contribution in [2.75, 3.05) is 7.05 Å². The third-order valence-corrected chi connectivity index (χ3v) is 3.88. The maximum Gasteiger partial charge on any atom is 0.255 e. The van der Waals surface area contributed by atoms with Crippen molar-refractivity contribution in [1.29, 1.82) is 0 Å². The highest BCUT2D eigenvalue weighted by Gasteiger charge is 2.15. The minimum absolute atomic E-state index is 0.0639. The molecule has 1 amide bonds. The summed E-state index contributed by atoms with van der Waals surface area (Å²) in [6.07, 6.45) is 3.18. The van der Waals surface area contributed by atoms with Gasteiger partial charge in [0.25, 0.3) is 5.91 Å². The Morgan fingerprint density at radius 1 is 1.35 bits per heavy atom. The van der Waals surface area contributed by atoms with Crippen molar-refractivity contribution in [2.45, 2.75) is 6.54 Å².